The molecule has 0 spiro atoms. The summed E-state index contributed by atoms with van der Waals surface area (Å²) >= 11 is 0. The molecule has 19 heavy (non-hydrogen) atoms. The van der Waals surface area contributed by atoms with Gasteiger partial charge in [0.05, 0.1) is 17.9 Å². The van der Waals surface area contributed by atoms with Crippen LogP contribution in [-0.4, -0.2) is 21.6 Å². The summed E-state index contributed by atoms with van der Waals surface area (Å²) in [7, 11) is 1.84. The second-order valence-corrected chi connectivity index (χ2v) is 4.65. The van der Waals surface area contributed by atoms with Crippen LogP contribution in [0.5, 0.6) is 0 Å². The largest absolute Gasteiger partial charge is 0.373 e. The van der Waals surface area contributed by atoms with Crippen LogP contribution < -0.4 is 10.9 Å². The molecule has 0 aliphatic heterocycles. The van der Waals surface area contributed by atoms with E-state index in [-0.39, 0.29) is 11.6 Å². The number of aryl methyl sites for hydroxylation is 1. The second kappa shape index (κ2) is 5.38. The number of nitrogens with zero attached hydrogens (tertiary/aromatic N) is 3. The Morgan fingerprint density at radius 1 is 1.32 bits per heavy atom. The number of nitrogens with one attached hydrogen (secondary N) is 1. The summed E-state index contributed by atoms with van der Waals surface area (Å²) in [5, 5.41) is 3.09. The van der Waals surface area contributed by atoms with Crippen molar-refractivity contribution in [3.8, 4) is 0 Å². The maximum Gasteiger partial charge on any atom is 0.269 e. The number of rotatable bonds is 4. The van der Waals surface area contributed by atoms with Crippen molar-refractivity contribution in [2.24, 2.45) is 0 Å². The summed E-state index contributed by atoms with van der Waals surface area (Å²) < 4.78 is 1.84. The van der Waals surface area contributed by atoms with Gasteiger partial charge in [0.1, 0.15) is 11.3 Å². The van der Waals surface area contributed by atoms with Gasteiger partial charge in [0.15, 0.2) is 0 Å². The summed E-state index contributed by atoms with van der Waals surface area (Å²) in [5.74, 6) is 0.819. The zero-order chi connectivity index (χ0) is 14.0. The Bertz CT molecular complexity index is 648. The monoisotopic (exact) mass is 260 g/mol. The van der Waals surface area contributed by atoms with Crippen LogP contribution in [0.1, 0.15) is 38.8 Å². The third kappa shape index (κ3) is 2.20. The fourth-order valence-corrected chi connectivity index (χ4v) is 2.36. The molecule has 2 heterocycles. The Hall–Kier alpha value is -1.91. The summed E-state index contributed by atoms with van der Waals surface area (Å²) in [5.41, 5.74) is 2.68. The number of hydrogen-bond donors (Lipinski definition) is 1. The smallest absolute Gasteiger partial charge is 0.269 e. The first-order valence-electron chi connectivity index (χ1n) is 6.70. The molecule has 5 heteroatoms. The highest BCUT2D eigenvalue weighted by atomic mass is 16.1. The number of aromatic nitrogens is 3. The van der Waals surface area contributed by atoms with E-state index in [9.17, 15) is 4.79 Å². The molecule has 0 saturated carbocycles. The van der Waals surface area contributed by atoms with Crippen LogP contribution in [0.25, 0.3) is 11.0 Å². The quantitative estimate of drug-likeness (QED) is 0.916. The van der Waals surface area contributed by atoms with Crippen molar-refractivity contribution >= 4 is 16.9 Å². The van der Waals surface area contributed by atoms with Crippen LogP contribution in [0, 0.1) is 0 Å². The van der Waals surface area contributed by atoms with Gasteiger partial charge >= 0.3 is 0 Å². The molecular formula is C14H20N4O. The maximum absolute atomic E-state index is 12.2. The number of pyridine rings is 1. The third-order valence-corrected chi connectivity index (χ3v) is 3.54. The number of hydrogen-bond acceptors (Lipinski definition) is 4. The van der Waals surface area contributed by atoms with Crippen LogP contribution in [0.2, 0.25) is 0 Å². The van der Waals surface area contributed by atoms with Gasteiger partial charge in [-0.1, -0.05) is 13.8 Å². The van der Waals surface area contributed by atoms with Crippen LogP contribution in [0.15, 0.2) is 17.2 Å². The first-order valence-corrected chi connectivity index (χ1v) is 6.70. The van der Waals surface area contributed by atoms with Gasteiger partial charge in [0.25, 0.3) is 5.56 Å². The predicted molar refractivity (Wildman–Crippen MR) is 77.7 cm³/mol. The normalized spacial score (nSPS) is 12.6. The van der Waals surface area contributed by atoms with Gasteiger partial charge in [-0.05, 0) is 19.8 Å². The first-order chi connectivity index (χ1) is 9.13. The molecule has 0 bridgehead atoms. The van der Waals surface area contributed by atoms with Crippen LogP contribution in [0.3, 0.4) is 0 Å². The highest BCUT2D eigenvalue weighted by Gasteiger charge is 2.15. The molecule has 0 saturated heterocycles. The van der Waals surface area contributed by atoms with E-state index in [1.54, 1.807) is 6.20 Å². The van der Waals surface area contributed by atoms with E-state index in [0.717, 1.165) is 35.3 Å². The maximum atomic E-state index is 12.2. The van der Waals surface area contributed by atoms with Crippen LogP contribution >= 0.6 is 0 Å². The standard InChI is InChI=1S/C14H20N4O/c1-5-9(3)18-12(19)8-16-11-7-17-14(15-4)10(6-2)13(11)18/h7-9H,5-6H2,1-4H3,(H,15,17). The molecule has 0 radical (unpaired) electrons. The van der Waals surface area contributed by atoms with E-state index >= 15 is 0 Å². The minimum atomic E-state index is -0.0511. The van der Waals surface area contributed by atoms with E-state index < -0.39 is 0 Å². The lowest BCUT2D eigenvalue weighted by atomic mass is 10.1. The fraction of sp³-hybridized carbons (Fsp3) is 0.500. The Kier molecular flexibility index (Phi) is 3.83. The molecule has 0 aliphatic rings. The van der Waals surface area contributed by atoms with Gasteiger partial charge < -0.3 is 9.88 Å². The van der Waals surface area contributed by atoms with E-state index in [2.05, 4.69) is 36.1 Å². The van der Waals surface area contributed by atoms with E-state index in [1.807, 2.05) is 11.6 Å². The predicted octanol–water partition coefficient (Wildman–Crippen LogP) is 2.37. The SMILES string of the molecule is CCc1c(NC)ncc2ncc(=O)n(C(C)CC)c12. The minimum absolute atomic E-state index is 0.0511. The van der Waals surface area contributed by atoms with E-state index in [0.29, 0.717) is 0 Å². The molecule has 0 aromatic carbocycles. The van der Waals surface area contributed by atoms with E-state index in [4.69, 9.17) is 0 Å². The van der Waals surface area contributed by atoms with Gasteiger partial charge in [-0.25, -0.2) is 9.97 Å². The summed E-state index contributed by atoms with van der Waals surface area (Å²) in [6, 6.07) is 0.149. The van der Waals surface area contributed by atoms with Crippen molar-refractivity contribution in [3.63, 3.8) is 0 Å². The minimum Gasteiger partial charge on any atom is -0.373 e. The van der Waals surface area contributed by atoms with Gasteiger partial charge in [0, 0.05) is 18.7 Å². The summed E-state index contributed by atoms with van der Waals surface area (Å²) in [6.07, 6.45) is 4.81. The molecule has 1 atom stereocenters. The first kappa shape index (κ1) is 13.5. The molecule has 0 amide bonds. The molecule has 102 valence electrons. The molecule has 5 nitrogen and oxygen atoms in total. The summed E-state index contributed by atoms with van der Waals surface area (Å²) in [6.45, 7) is 6.20. The molecule has 1 unspecified atom stereocenters. The lowest BCUT2D eigenvalue weighted by Crippen LogP contribution is -2.24. The summed E-state index contributed by atoms with van der Waals surface area (Å²) in [4.78, 5) is 20.7. The van der Waals surface area contributed by atoms with Gasteiger partial charge in [-0.15, -0.1) is 0 Å². The molecule has 0 aliphatic carbocycles. The molecule has 2 rings (SSSR count). The molecule has 2 aromatic rings. The van der Waals surface area contributed by atoms with Crippen LogP contribution in [0.4, 0.5) is 5.82 Å². The van der Waals surface area contributed by atoms with Gasteiger partial charge in [0.2, 0.25) is 0 Å². The number of anilines is 1. The van der Waals surface area contributed by atoms with Crippen molar-refractivity contribution in [2.75, 3.05) is 12.4 Å². The Morgan fingerprint density at radius 2 is 2.05 bits per heavy atom. The average molecular weight is 260 g/mol. The third-order valence-electron chi connectivity index (χ3n) is 3.54. The van der Waals surface area contributed by atoms with Gasteiger partial charge in [-0.3, -0.25) is 4.79 Å². The lowest BCUT2D eigenvalue weighted by molar-refractivity contribution is 0.528. The lowest BCUT2D eigenvalue weighted by Gasteiger charge is -2.19. The topological polar surface area (TPSA) is 59.8 Å². The number of fused-ring (bicyclic) bond motifs is 1. The van der Waals surface area contributed by atoms with Crippen molar-refractivity contribution in [1.29, 1.82) is 0 Å². The zero-order valence-corrected chi connectivity index (χ0v) is 11.9. The second-order valence-electron chi connectivity index (χ2n) is 4.65. The van der Waals surface area contributed by atoms with Crippen molar-refractivity contribution in [3.05, 3.63) is 28.3 Å². The fourth-order valence-electron chi connectivity index (χ4n) is 2.36. The van der Waals surface area contributed by atoms with Crippen molar-refractivity contribution < 1.29 is 0 Å². The zero-order valence-electron chi connectivity index (χ0n) is 11.9. The Balaban J connectivity index is 2.92. The molecule has 0 fully saturated rings. The van der Waals surface area contributed by atoms with Gasteiger partial charge in [-0.2, -0.15) is 0 Å². The molecule has 1 N–H and O–H groups in total. The van der Waals surface area contributed by atoms with Crippen molar-refractivity contribution in [2.45, 2.75) is 39.7 Å². The van der Waals surface area contributed by atoms with Crippen molar-refractivity contribution in [1.82, 2.24) is 14.5 Å². The van der Waals surface area contributed by atoms with E-state index in [1.165, 1.54) is 6.20 Å². The average Bonchev–Trinajstić information content (AvgIpc) is 2.45. The van der Waals surface area contributed by atoms with Crippen LogP contribution in [-0.2, 0) is 6.42 Å². The molecule has 2 aromatic heterocycles. The highest BCUT2D eigenvalue weighted by molar-refractivity contribution is 5.82. The highest BCUT2D eigenvalue weighted by Crippen LogP contribution is 2.24. The Morgan fingerprint density at radius 3 is 2.63 bits per heavy atom. The molecular weight excluding hydrogens is 240 g/mol. The Labute approximate surface area is 112 Å².